The fourth-order valence-electron chi connectivity index (χ4n) is 6.65. The van der Waals surface area contributed by atoms with Gasteiger partial charge in [-0.2, -0.15) is 5.10 Å². The molecule has 2 aliphatic rings. The van der Waals surface area contributed by atoms with Crippen LogP contribution < -0.4 is 5.32 Å². The van der Waals surface area contributed by atoms with Gasteiger partial charge in [-0.05, 0) is 79.1 Å². The van der Waals surface area contributed by atoms with Gasteiger partial charge in [0.05, 0.1) is 29.8 Å². The number of nitrogens with one attached hydrogen (secondary N) is 2. The van der Waals surface area contributed by atoms with Gasteiger partial charge in [-0.15, -0.1) is 0 Å². The third-order valence-corrected chi connectivity index (χ3v) is 9.27. The maximum absolute atomic E-state index is 13.8. The normalized spacial score (nSPS) is 18.2. The van der Waals surface area contributed by atoms with Gasteiger partial charge in [-0.25, -0.2) is 14.4 Å². The lowest BCUT2D eigenvalue weighted by Crippen LogP contribution is -2.45. The summed E-state index contributed by atoms with van der Waals surface area (Å²) in [7, 11) is 1.59. The van der Waals surface area contributed by atoms with Gasteiger partial charge in [0.1, 0.15) is 5.82 Å². The van der Waals surface area contributed by atoms with Crippen LogP contribution in [0, 0.1) is 11.2 Å². The van der Waals surface area contributed by atoms with Crippen molar-refractivity contribution in [3.63, 3.8) is 0 Å². The van der Waals surface area contributed by atoms with E-state index in [1.807, 2.05) is 35.2 Å². The summed E-state index contributed by atoms with van der Waals surface area (Å²) in [5.41, 5.74) is 5.39. The molecule has 4 heterocycles. The highest BCUT2D eigenvalue weighted by Crippen LogP contribution is 2.34. The Kier molecular flexibility index (Phi) is 8.79. The minimum atomic E-state index is -0.800. The van der Waals surface area contributed by atoms with Crippen LogP contribution in [0.4, 0.5) is 10.1 Å². The quantitative estimate of drug-likeness (QED) is 0.220. The summed E-state index contributed by atoms with van der Waals surface area (Å²) < 4.78 is 19.0. The van der Waals surface area contributed by atoms with Gasteiger partial charge in [0, 0.05) is 61.3 Å². The van der Waals surface area contributed by atoms with Crippen molar-refractivity contribution in [2.45, 2.75) is 12.8 Å². The van der Waals surface area contributed by atoms with Crippen LogP contribution in [0.5, 0.6) is 0 Å². The topological polar surface area (TPSA) is 116 Å². The van der Waals surface area contributed by atoms with Crippen LogP contribution in [-0.4, -0.2) is 88.2 Å². The van der Waals surface area contributed by atoms with Crippen LogP contribution >= 0.6 is 0 Å². The highest BCUT2D eigenvalue weighted by Gasteiger charge is 2.45. The zero-order valence-electron chi connectivity index (χ0n) is 26.7. The monoisotopic (exact) mass is 645 g/mol. The summed E-state index contributed by atoms with van der Waals surface area (Å²) in [6.45, 7) is 2.71. The number of carbonyl (C=O) groups excluding carboxylic acids is 2. The van der Waals surface area contributed by atoms with Gasteiger partial charge in [-0.1, -0.05) is 30.3 Å². The molecular formula is C37H36FN7O3. The fraction of sp³-hybridized carbons (Fsp3) is 0.270. The molecule has 1 fully saturated rings. The highest BCUT2D eigenvalue weighted by atomic mass is 19.1. The molecule has 48 heavy (non-hydrogen) atoms. The Morgan fingerprint density at radius 1 is 0.979 bits per heavy atom. The number of amides is 2. The van der Waals surface area contributed by atoms with Gasteiger partial charge in [0.25, 0.3) is 0 Å². The van der Waals surface area contributed by atoms with Gasteiger partial charge in [0.15, 0.2) is 5.82 Å². The summed E-state index contributed by atoms with van der Waals surface area (Å²) in [5.74, 6) is 0.275. The maximum atomic E-state index is 13.8. The number of methoxy groups -OCH3 is 1. The number of hydrogen-bond donors (Lipinski definition) is 2. The fourth-order valence-corrected chi connectivity index (χ4v) is 6.65. The number of halogens is 1. The van der Waals surface area contributed by atoms with Crippen molar-refractivity contribution in [1.82, 2.24) is 30.0 Å². The first-order valence-electron chi connectivity index (χ1n) is 16.0. The van der Waals surface area contributed by atoms with Crippen molar-refractivity contribution in [2.24, 2.45) is 5.41 Å². The summed E-state index contributed by atoms with van der Waals surface area (Å²) in [4.78, 5) is 39.7. The first-order valence-corrected chi connectivity index (χ1v) is 16.0. The Morgan fingerprint density at radius 2 is 1.73 bits per heavy atom. The predicted octanol–water partition coefficient (Wildman–Crippen LogP) is 5.42. The second kappa shape index (κ2) is 13.5. The van der Waals surface area contributed by atoms with E-state index in [9.17, 15) is 14.0 Å². The molecule has 2 N–H and O–H groups in total. The molecule has 5 aromatic rings. The van der Waals surface area contributed by atoms with E-state index in [0.29, 0.717) is 49.8 Å². The van der Waals surface area contributed by atoms with E-state index >= 15 is 0 Å². The molecule has 244 valence electrons. The smallest absolute Gasteiger partial charge is 0.237 e. The standard InChI is InChI=1S/C37H36FN7O3/c1-48-24-37(36(47)41-30-11-12-32-31(21-30)34(43-42-32)27-7-9-29(38)10-8-27)15-20-44(23-37)22-33(46)45-18-13-26(14-19-45)25-3-5-28(6-4-25)35-39-16-2-17-40-35/h2-13,16-17,21H,14-15,18-20,22-24H2,1H3,(H,41,47)(H,42,43)/t37-/m1/s1. The zero-order valence-corrected chi connectivity index (χ0v) is 26.7. The molecule has 2 amide bonds. The molecule has 0 saturated carbocycles. The molecule has 0 unspecified atom stereocenters. The van der Waals surface area contributed by atoms with E-state index in [4.69, 9.17) is 4.74 Å². The number of nitrogens with zero attached hydrogens (tertiary/aromatic N) is 5. The molecule has 1 atom stereocenters. The first kappa shape index (κ1) is 31.3. The summed E-state index contributed by atoms with van der Waals surface area (Å²) in [6.07, 6.45) is 6.93. The van der Waals surface area contributed by atoms with Crippen molar-refractivity contribution in [3.8, 4) is 22.6 Å². The van der Waals surface area contributed by atoms with E-state index in [1.165, 1.54) is 17.7 Å². The largest absolute Gasteiger partial charge is 0.384 e. The van der Waals surface area contributed by atoms with Gasteiger partial charge < -0.3 is 15.0 Å². The number of hydrogen-bond acceptors (Lipinski definition) is 7. The number of rotatable bonds is 9. The summed E-state index contributed by atoms with van der Waals surface area (Å²) >= 11 is 0. The van der Waals surface area contributed by atoms with Crippen LogP contribution in [0.25, 0.3) is 39.1 Å². The number of benzene rings is 3. The Balaban J connectivity index is 0.974. The number of aromatic amines is 1. The molecule has 2 aliphatic heterocycles. The number of carbonyl (C=O) groups is 2. The Hall–Kier alpha value is -5.26. The molecule has 0 aliphatic carbocycles. The Labute approximate surface area is 277 Å². The van der Waals surface area contributed by atoms with E-state index in [0.717, 1.165) is 34.0 Å². The van der Waals surface area contributed by atoms with Crippen LogP contribution in [-0.2, 0) is 14.3 Å². The molecule has 3 aromatic carbocycles. The summed E-state index contributed by atoms with van der Waals surface area (Å²) in [6, 6.07) is 21.7. The molecule has 2 aromatic heterocycles. The lowest BCUT2D eigenvalue weighted by atomic mass is 9.87. The highest BCUT2D eigenvalue weighted by molar-refractivity contribution is 6.00. The number of aromatic nitrogens is 4. The maximum Gasteiger partial charge on any atom is 0.237 e. The number of fused-ring (bicyclic) bond motifs is 1. The van der Waals surface area contributed by atoms with Gasteiger partial charge in [-0.3, -0.25) is 19.6 Å². The molecule has 11 heteroatoms. The van der Waals surface area contributed by atoms with E-state index in [1.54, 1.807) is 37.7 Å². The molecule has 0 radical (unpaired) electrons. The average molecular weight is 646 g/mol. The van der Waals surface area contributed by atoms with Crippen LogP contribution in [0.1, 0.15) is 18.4 Å². The van der Waals surface area contributed by atoms with Crippen molar-refractivity contribution in [3.05, 3.63) is 103 Å². The zero-order chi connectivity index (χ0) is 33.1. The van der Waals surface area contributed by atoms with Crippen molar-refractivity contribution < 1.29 is 18.7 Å². The SMILES string of the molecule is COC[C@@]1(C(=O)Nc2ccc3[nH]nc(-c4ccc(F)cc4)c3c2)CCN(CC(=O)N2CC=C(c3ccc(-c4ncccn4)cc3)CC2)C1. The minimum Gasteiger partial charge on any atom is -0.384 e. The second-order valence-electron chi connectivity index (χ2n) is 12.4. The molecule has 7 rings (SSSR count). The molecule has 0 spiro atoms. The molecule has 1 saturated heterocycles. The summed E-state index contributed by atoms with van der Waals surface area (Å²) in [5, 5.41) is 11.3. The number of ether oxygens (including phenoxy) is 1. The van der Waals surface area contributed by atoms with Crippen molar-refractivity contribution in [2.75, 3.05) is 51.8 Å². The third kappa shape index (κ3) is 6.47. The number of H-pyrrole nitrogens is 1. The number of likely N-dealkylation sites (tertiary alicyclic amines) is 1. The van der Waals surface area contributed by atoms with Crippen LogP contribution in [0.15, 0.2) is 91.3 Å². The Morgan fingerprint density at radius 3 is 2.46 bits per heavy atom. The van der Waals surface area contributed by atoms with Gasteiger partial charge in [0.2, 0.25) is 11.8 Å². The molecular weight excluding hydrogens is 609 g/mol. The van der Waals surface area contributed by atoms with E-state index in [2.05, 4.69) is 48.6 Å². The van der Waals surface area contributed by atoms with Gasteiger partial charge >= 0.3 is 0 Å². The lowest BCUT2D eigenvalue weighted by molar-refractivity contribution is -0.133. The van der Waals surface area contributed by atoms with Crippen molar-refractivity contribution in [1.29, 1.82) is 0 Å². The second-order valence-corrected chi connectivity index (χ2v) is 12.4. The van der Waals surface area contributed by atoms with E-state index < -0.39 is 5.41 Å². The minimum absolute atomic E-state index is 0.0502. The molecule has 10 nitrogen and oxygen atoms in total. The first-order chi connectivity index (χ1) is 23.4. The third-order valence-electron chi connectivity index (χ3n) is 9.27. The van der Waals surface area contributed by atoms with Crippen LogP contribution in [0.3, 0.4) is 0 Å². The average Bonchev–Trinajstić information content (AvgIpc) is 3.74. The predicted molar refractivity (Wildman–Crippen MR) is 182 cm³/mol. The molecule has 0 bridgehead atoms. The van der Waals surface area contributed by atoms with E-state index in [-0.39, 0.29) is 30.8 Å². The lowest BCUT2D eigenvalue weighted by Gasteiger charge is -2.30. The Bertz CT molecular complexity index is 1960. The van der Waals surface area contributed by atoms with Crippen LogP contribution in [0.2, 0.25) is 0 Å². The number of anilines is 1. The van der Waals surface area contributed by atoms with Crippen molar-refractivity contribution >= 4 is 34.0 Å².